The van der Waals surface area contributed by atoms with Crippen LogP contribution in [0.3, 0.4) is 0 Å². The predicted octanol–water partition coefficient (Wildman–Crippen LogP) is 1.10. The second-order valence-electron chi connectivity index (χ2n) is 5.01. The van der Waals surface area contributed by atoms with Crippen LogP contribution >= 0.6 is 0 Å². The van der Waals surface area contributed by atoms with Crippen molar-refractivity contribution in [3.8, 4) is 0 Å². The van der Waals surface area contributed by atoms with Crippen LogP contribution in [0, 0.1) is 12.8 Å². The van der Waals surface area contributed by atoms with E-state index in [-0.39, 0.29) is 10.9 Å². The maximum atomic E-state index is 12.6. The Kier molecular flexibility index (Phi) is 5.51. The Morgan fingerprint density at radius 2 is 2.05 bits per heavy atom. The Bertz CT molecular complexity index is 508. The van der Waals surface area contributed by atoms with Crippen LogP contribution in [0.2, 0.25) is 0 Å². The monoisotopic (exact) mass is 288 g/mol. The number of aryl methyl sites for hydroxylation is 1. The van der Waals surface area contributed by atoms with Crippen LogP contribution in [0.15, 0.2) is 5.03 Å². The van der Waals surface area contributed by atoms with Gasteiger partial charge >= 0.3 is 0 Å². The molecule has 0 aliphatic heterocycles. The second kappa shape index (κ2) is 6.49. The summed E-state index contributed by atoms with van der Waals surface area (Å²) in [7, 11) is -1.74. The molecule has 0 amide bonds. The smallest absolute Gasteiger partial charge is 0.262 e. The van der Waals surface area contributed by atoms with E-state index in [1.54, 1.807) is 7.05 Å². The highest BCUT2D eigenvalue weighted by molar-refractivity contribution is 7.89. The molecule has 0 saturated heterocycles. The zero-order chi connectivity index (χ0) is 14.6. The van der Waals surface area contributed by atoms with Crippen LogP contribution in [0.4, 0.5) is 0 Å². The second-order valence-corrected chi connectivity index (χ2v) is 6.87. The van der Waals surface area contributed by atoms with Crippen LogP contribution in [0.1, 0.15) is 32.0 Å². The van der Waals surface area contributed by atoms with Gasteiger partial charge in [-0.1, -0.05) is 20.8 Å². The quantitative estimate of drug-likeness (QED) is 0.787. The average molecular weight is 288 g/mol. The van der Waals surface area contributed by atoms with Crippen molar-refractivity contribution < 1.29 is 8.42 Å². The summed E-state index contributed by atoms with van der Waals surface area (Å²) in [5.74, 6) is 0.280. The lowest BCUT2D eigenvalue weighted by Gasteiger charge is -2.21. The number of nitrogens with one attached hydrogen (secondary N) is 2. The first kappa shape index (κ1) is 16.1. The van der Waals surface area contributed by atoms with Gasteiger partial charge in [-0.15, -0.1) is 0 Å². The minimum atomic E-state index is -3.53. The Labute approximate surface area is 115 Å². The van der Waals surface area contributed by atoms with Gasteiger partial charge in [-0.05, 0) is 19.9 Å². The lowest BCUT2D eigenvalue weighted by atomic mass is 10.2. The molecule has 1 rings (SSSR count). The molecule has 6 nitrogen and oxygen atoms in total. The summed E-state index contributed by atoms with van der Waals surface area (Å²) in [6, 6.07) is 0. The van der Waals surface area contributed by atoms with Gasteiger partial charge in [0.1, 0.15) is 0 Å². The molecule has 2 N–H and O–H groups in total. The molecule has 1 heterocycles. The summed E-state index contributed by atoms with van der Waals surface area (Å²) in [5, 5.41) is 9.87. The maximum absolute atomic E-state index is 12.6. The fraction of sp³-hybridized carbons (Fsp3) is 0.750. The van der Waals surface area contributed by atoms with E-state index >= 15 is 0 Å². The van der Waals surface area contributed by atoms with Crippen LogP contribution in [-0.4, -0.2) is 43.1 Å². The molecule has 0 radical (unpaired) electrons. The Balaban J connectivity index is 3.18. The molecule has 7 heteroatoms. The van der Waals surface area contributed by atoms with E-state index in [9.17, 15) is 8.42 Å². The number of nitrogens with zero attached hydrogens (tertiary/aromatic N) is 2. The zero-order valence-electron chi connectivity index (χ0n) is 12.3. The molecule has 0 aliphatic rings. The Morgan fingerprint density at radius 1 is 1.42 bits per heavy atom. The molecule has 0 fully saturated rings. The summed E-state index contributed by atoms with van der Waals surface area (Å²) in [4.78, 5) is 0. The first-order chi connectivity index (χ1) is 8.84. The molecular formula is C12H24N4O2S. The molecule has 0 aliphatic carbocycles. The minimum Gasteiger partial charge on any atom is -0.316 e. The number of hydrogen-bond donors (Lipinski definition) is 2. The highest BCUT2D eigenvalue weighted by Crippen LogP contribution is 2.21. The summed E-state index contributed by atoms with van der Waals surface area (Å²) in [6.45, 7) is 9.12. The van der Waals surface area contributed by atoms with Crippen molar-refractivity contribution in [3.05, 3.63) is 11.3 Å². The van der Waals surface area contributed by atoms with Crippen molar-refractivity contribution in [3.63, 3.8) is 0 Å². The van der Waals surface area contributed by atoms with E-state index in [0.29, 0.717) is 25.2 Å². The largest absolute Gasteiger partial charge is 0.316 e. The normalized spacial score (nSPS) is 12.6. The molecule has 1 aromatic heterocycles. The van der Waals surface area contributed by atoms with Gasteiger partial charge < -0.3 is 5.32 Å². The SMILES string of the molecule is CCN(CC(C)C)S(=O)(=O)c1n[nH]c(C)c1CNC. The molecule has 0 spiro atoms. The fourth-order valence-electron chi connectivity index (χ4n) is 1.96. The van der Waals surface area contributed by atoms with Gasteiger partial charge in [0.15, 0.2) is 5.03 Å². The molecule has 1 aromatic rings. The lowest BCUT2D eigenvalue weighted by Crippen LogP contribution is -2.35. The third-order valence-corrected chi connectivity index (χ3v) is 4.81. The summed E-state index contributed by atoms with van der Waals surface area (Å²) >= 11 is 0. The highest BCUT2D eigenvalue weighted by atomic mass is 32.2. The zero-order valence-corrected chi connectivity index (χ0v) is 13.1. The van der Waals surface area contributed by atoms with Crippen molar-refractivity contribution in [1.29, 1.82) is 0 Å². The van der Waals surface area contributed by atoms with E-state index in [0.717, 1.165) is 5.69 Å². The fourth-order valence-corrected chi connectivity index (χ4v) is 3.73. The standard InChI is InChI=1S/C12H24N4O2S/c1-6-16(8-9(2)3)19(17,18)12-11(7-13-5)10(4)14-15-12/h9,13H,6-8H2,1-5H3,(H,14,15). The van der Waals surface area contributed by atoms with Crippen LogP contribution in [0.5, 0.6) is 0 Å². The molecule has 0 aromatic carbocycles. The Hall–Kier alpha value is -0.920. The number of aromatic nitrogens is 2. The molecule has 0 saturated carbocycles. The van der Waals surface area contributed by atoms with E-state index in [2.05, 4.69) is 15.5 Å². The number of sulfonamides is 1. The number of H-pyrrole nitrogens is 1. The van der Waals surface area contributed by atoms with Crippen LogP contribution < -0.4 is 5.32 Å². The van der Waals surface area contributed by atoms with Gasteiger partial charge in [0, 0.05) is 30.9 Å². The van der Waals surface area contributed by atoms with E-state index in [4.69, 9.17) is 0 Å². The molecule has 0 atom stereocenters. The van der Waals surface area contributed by atoms with Gasteiger partial charge in [0.2, 0.25) is 0 Å². The molecule has 110 valence electrons. The van der Waals surface area contributed by atoms with E-state index in [1.165, 1.54) is 4.31 Å². The van der Waals surface area contributed by atoms with Gasteiger partial charge in [-0.3, -0.25) is 5.10 Å². The average Bonchev–Trinajstić information content (AvgIpc) is 2.69. The van der Waals surface area contributed by atoms with E-state index in [1.807, 2.05) is 27.7 Å². The van der Waals surface area contributed by atoms with Crippen molar-refractivity contribution in [2.75, 3.05) is 20.1 Å². The summed E-state index contributed by atoms with van der Waals surface area (Å²) < 4.78 is 26.7. The van der Waals surface area contributed by atoms with Crippen LogP contribution in [-0.2, 0) is 16.6 Å². The van der Waals surface area contributed by atoms with Crippen molar-refractivity contribution in [1.82, 2.24) is 19.8 Å². The van der Waals surface area contributed by atoms with Crippen molar-refractivity contribution >= 4 is 10.0 Å². The van der Waals surface area contributed by atoms with Crippen molar-refractivity contribution in [2.45, 2.75) is 39.3 Å². The predicted molar refractivity (Wildman–Crippen MR) is 75.4 cm³/mol. The maximum Gasteiger partial charge on any atom is 0.262 e. The molecular weight excluding hydrogens is 264 g/mol. The number of rotatable bonds is 7. The third-order valence-electron chi connectivity index (χ3n) is 2.90. The first-order valence-corrected chi connectivity index (χ1v) is 7.97. The third kappa shape index (κ3) is 3.55. The number of hydrogen-bond acceptors (Lipinski definition) is 4. The molecule has 19 heavy (non-hydrogen) atoms. The summed E-state index contributed by atoms with van der Waals surface area (Å²) in [5.41, 5.74) is 1.50. The highest BCUT2D eigenvalue weighted by Gasteiger charge is 2.29. The van der Waals surface area contributed by atoms with Crippen molar-refractivity contribution in [2.24, 2.45) is 5.92 Å². The minimum absolute atomic E-state index is 0.141. The topological polar surface area (TPSA) is 78.1 Å². The van der Waals surface area contributed by atoms with Gasteiger partial charge in [-0.25, -0.2) is 8.42 Å². The van der Waals surface area contributed by atoms with E-state index < -0.39 is 10.0 Å². The molecule has 0 bridgehead atoms. The first-order valence-electron chi connectivity index (χ1n) is 6.53. The van der Waals surface area contributed by atoms with Gasteiger partial charge in [0.25, 0.3) is 10.0 Å². The number of aromatic amines is 1. The lowest BCUT2D eigenvalue weighted by molar-refractivity contribution is 0.379. The van der Waals surface area contributed by atoms with Gasteiger partial charge in [0.05, 0.1) is 0 Å². The Morgan fingerprint density at radius 3 is 2.53 bits per heavy atom. The summed E-state index contributed by atoms with van der Waals surface area (Å²) in [6.07, 6.45) is 0. The van der Waals surface area contributed by atoms with Gasteiger partial charge in [-0.2, -0.15) is 9.40 Å². The molecule has 0 unspecified atom stereocenters. The van der Waals surface area contributed by atoms with Crippen LogP contribution in [0.25, 0.3) is 0 Å².